The van der Waals surface area contributed by atoms with E-state index in [1.165, 1.54) is 49.7 Å². The highest BCUT2D eigenvalue weighted by molar-refractivity contribution is 5.70. The summed E-state index contributed by atoms with van der Waals surface area (Å²) in [7, 11) is 0. The van der Waals surface area contributed by atoms with Crippen molar-refractivity contribution >= 4 is 5.57 Å². The van der Waals surface area contributed by atoms with Crippen LogP contribution in [0.25, 0.3) is 5.57 Å². The van der Waals surface area contributed by atoms with Gasteiger partial charge in [-0.3, -0.25) is 4.90 Å². The Morgan fingerprint density at radius 1 is 1.08 bits per heavy atom. The maximum Gasteiger partial charge on any atom is 0.0594 e. The molecule has 24 heavy (non-hydrogen) atoms. The number of allylic oxidation sites excluding steroid dienone is 1. The molecule has 1 aliphatic rings. The molecule has 134 valence electrons. The quantitative estimate of drug-likeness (QED) is 0.558. The van der Waals surface area contributed by atoms with Crippen LogP contribution in [0.3, 0.4) is 0 Å². The van der Waals surface area contributed by atoms with E-state index in [0.29, 0.717) is 6.04 Å². The second-order valence-electron chi connectivity index (χ2n) is 6.97. The number of nitrogens with zero attached hydrogens (tertiary/aromatic N) is 1. The smallest absolute Gasteiger partial charge is 0.0594 e. The Labute approximate surface area is 148 Å². The van der Waals surface area contributed by atoms with Crippen molar-refractivity contribution in [3.63, 3.8) is 0 Å². The minimum Gasteiger partial charge on any atom is -0.379 e. The Morgan fingerprint density at radius 3 is 2.38 bits per heavy atom. The zero-order chi connectivity index (χ0) is 17.2. The van der Waals surface area contributed by atoms with E-state index < -0.39 is 0 Å². The number of hydrogen-bond acceptors (Lipinski definition) is 2. The first-order valence-corrected chi connectivity index (χ1v) is 9.85. The monoisotopic (exact) mass is 329 g/mol. The van der Waals surface area contributed by atoms with Crippen molar-refractivity contribution in [1.29, 1.82) is 0 Å². The number of unbranched alkanes of at least 4 members (excludes halogenated alkanes) is 3. The molecular weight excluding hydrogens is 294 g/mol. The molecule has 0 bridgehead atoms. The second-order valence-corrected chi connectivity index (χ2v) is 6.97. The van der Waals surface area contributed by atoms with Crippen molar-refractivity contribution in [2.24, 2.45) is 0 Å². The first-order valence-electron chi connectivity index (χ1n) is 9.85. The Kier molecular flexibility index (Phi) is 8.55. The first kappa shape index (κ1) is 19.2. The molecule has 0 radical (unpaired) electrons. The van der Waals surface area contributed by atoms with Crippen LogP contribution in [0.1, 0.15) is 63.5 Å². The van der Waals surface area contributed by atoms with Crippen molar-refractivity contribution < 1.29 is 4.74 Å². The Balaban J connectivity index is 2.27. The number of aryl methyl sites for hydroxylation is 1. The molecule has 1 aliphatic heterocycles. The fraction of sp³-hybridized carbons (Fsp3) is 0.636. The Morgan fingerprint density at radius 2 is 1.75 bits per heavy atom. The Bertz CT molecular complexity index is 485. The largest absolute Gasteiger partial charge is 0.379 e. The number of morpholine rings is 1. The highest BCUT2D eigenvalue weighted by Crippen LogP contribution is 2.28. The fourth-order valence-corrected chi connectivity index (χ4v) is 3.48. The SMILES string of the molecule is CCCC/C=C(\c1ccc(C)cc1)C(CCCC)N1CCOCC1. The van der Waals surface area contributed by atoms with E-state index in [9.17, 15) is 0 Å². The summed E-state index contributed by atoms with van der Waals surface area (Å²) in [5, 5.41) is 0. The number of rotatable bonds is 9. The van der Waals surface area contributed by atoms with Gasteiger partial charge in [-0.25, -0.2) is 0 Å². The van der Waals surface area contributed by atoms with Crippen LogP contribution in [0.15, 0.2) is 30.3 Å². The van der Waals surface area contributed by atoms with Crippen molar-refractivity contribution in [2.45, 2.75) is 65.3 Å². The van der Waals surface area contributed by atoms with E-state index >= 15 is 0 Å². The highest BCUT2D eigenvalue weighted by atomic mass is 16.5. The summed E-state index contributed by atoms with van der Waals surface area (Å²) in [5.41, 5.74) is 4.28. The molecule has 1 aromatic carbocycles. The molecule has 1 saturated heterocycles. The van der Waals surface area contributed by atoms with Gasteiger partial charge in [0.15, 0.2) is 0 Å². The summed E-state index contributed by atoms with van der Waals surface area (Å²) >= 11 is 0. The van der Waals surface area contributed by atoms with Gasteiger partial charge >= 0.3 is 0 Å². The van der Waals surface area contributed by atoms with E-state index in [4.69, 9.17) is 4.74 Å². The van der Waals surface area contributed by atoms with E-state index in [1.54, 1.807) is 5.57 Å². The lowest BCUT2D eigenvalue weighted by Gasteiger charge is -2.36. The molecule has 1 heterocycles. The van der Waals surface area contributed by atoms with E-state index in [1.807, 2.05) is 0 Å². The van der Waals surface area contributed by atoms with Crippen molar-refractivity contribution in [1.82, 2.24) is 4.90 Å². The van der Waals surface area contributed by atoms with Crippen LogP contribution in [0.5, 0.6) is 0 Å². The van der Waals surface area contributed by atoms with Crippen LogP contribution < -0.4 is 0 Å². The van der Waals surface area contributed by atoms with Gasteiger partial charge in [-0.05, 0) is 30.9 Å². The highest BCUT2D eigenvalue weighted by Gasteiger charge is 2.24. The van der Waals surface area contributed by atoms with Gasteiger partial charge in [-0.15, -0.1) is 0 Å². The first-order chi connectivity index (χ1) is 11.8. The number of ether oxygens (including phenoxy) is 1. The van der Waals surface area contributed by atoms with Crippen LogP contribution in [-0.2, 0) is 4.74 Å². The predicted molar refractivity (Wildman–Crippen MR) is 104 cm³/mol. The third kappa shape index (κ3) is 5.75. The molecule has 1 fully saturated rings. The lowest BCUT2D eigenvalue weighted by molar-refractivity contribution is 0.0256. The van der Waals surface area contributed by atoms with Crippen LogP contribution in [0, 0.1) is 6.92 Å². The summed E-state index contributed by atoms with van der Waals surface area (Å²) in [6, 6.07) is 9.66. The lowest BCUT2D eigenvalue weighted by Crippen LogP contribution is -2.44. The molecular formula is C22H35NO. The average molecular weight is 330 g/mol. The minimum atomic E-state index is 0.536. The zero-order valence-electron chi connectivity index (χ0n) is 15.9. The van der Waals surface area contributed by atoms with Crippen molar-refractivity contribution in [3.8, 4) is 0 Å². The number of hydrogen-bond donors (Lipinski definition) is 0. The molecule has 0 aliphatic carbocycles. The normalized spacial score (nSPS) is 17.9. The van der Waals surface area contributed by atoms with Crippen LogP contribution in [-0.4, -0.2) is 37.2 Å². The topological polar surface area (TPSA) is 12.5 Å². The molecule has 1 aromatic rings. The molecule has 0 spiro atoms. The maximum atomic E-state index is 5.59. The summed E-state index contributed by atoms with van der Waals surface area (Å²) < 4.78 is 5.59. The molecule has 0 aromatic heterocycles. The third-order valence-electron chi connectivity index (χ3n) is 4.98. The summed E-state index contributed by atoms with van der Waals surface area (Å²) in [4.78, 5) is 2.65. The van der Waals surface area contributed by atoms with Crippen molar-refractivity contribution in [3.05, 3.63) is 41.5 Å². The van der Waals surface area contributed by atoms with Gasteiger partial charge in [0, 0.05) is 19.1 Å². The lowest BCUT2D eigenvalue weighted by atomic mass is 9.91. The van der Waals surface area contributed by atoms with Gasteiger partial charge in [-0.2, -0.15) is 0 Å². The van der Waals surface area contributed by atoms with Crippen molar-refractivity contribution in [2.75, 3.05) is 26.3 Å². The molecule has 1 atom stereocenters. The minimum absolute atomic E-state index is 0.536. The molecule has 2 rings (SSSR count). The molecule has 0 N–H and O–H groups in total. The molecule has 0 saturated carbocycles. The van der Waals surface area contributed by atoms with Gasteiger partial charge in [0.05, 0.1) is 13.2 Å². The van der Waals surface area contributed by atoms with E-state index in [2.05, 4.69) is 56.0 Å². The summed E-state index contributed by atoms with van der Waals surface area (Å²) in [6.45, 7) is 10.6. The summed E-state index contributed by atoms with van der Waals surface area (Å²) in [5.74, 6) is 0. The van der Waals surface area contributed by atoms with Crippen LogP contribution >= 0.6 is 0 Å². The van der Waals surface area contributed by atoms with Gasteiger partial charge in [0.2, 0.25) is 0 Å². The molecule has 2 heteroatoms. The Hall–Kier alpha value is -1.12. The second kappa shape index (κ2) is 10.7. The van der Waals surface area contributed by atoms with E-state index in [-0.39, 0.29) is 0 Å². The fourth-order valence-electron chi connectivity index (χ4n) is 3.48. The van der Waals surface area contributed by atoms with Crippen LogP contribution in [0.2, 0.25) is 0 Å². The van der Waals surface area contributed by atoms with Gasteiger partial charge in [0.25, 0.3) is 0 Å². The molecule has 0 amide bonds. The maximum absolute atomic E-state index is 5.59. The van der Waals surface area contributed by atoms with E-state index in [0.717, 1.165) is 26.3 Å². The van der Waals surface area contributed by atoms with Gasteiger partial charge in [-0.1, -0.05) is 75.4 Å². The third-order valence-corrected chi connectivity index (χ3v) is 4.98. The molecule has 1 unspecified atom stereocenters. The molecule has 2 nitrogen and oxygen atoms in total. The average Bonchev–Trinajstić information content (AvgIpc) is 2.62. The van der Waals surface area contributed by atoms with Crippen LogP contribution in [0.4, 0.5) is 0 Å². The van der Waals surface area contributed by atoms with Gasteiger partial charge < -0.3 is 4.74 Å². The predicted octanol–water partition coefficient (Wildman–Crippen LogP) is 5.46. The zero-order valence-corrected chi connectivity index (χ0v) is 15.9. The number of benzene rings is 1. The standard InChI is InChI=1S/C22H35NO/c1-4-6-8-9-21(20-13-11-19(3)12-14-20)22(10-7-5-2)23-15-17-24-18-16-23/h9,11-14,22H,4-8,10,15-18H2,1-3H3/b21-9+. The van der Waals surface area contributed by atoms with Gasteiger partial charge in [0.1, 0.15) is 0 Å². The summed E-state index contributed by atoms with van der Waals surface area (Å²) in [6.07, 6.45) is 10.0.